The molecule has 20 heavy (non-hydrogen) atoms. The number of likely N-dealkylation sites (tertiary alicyclic amines) is 1. The van der Waals surface area contributed by atoms with E-state index in [0.717, 1.165) is 30.4 Å². The number of thiazole rings is 1. The lowest BCUT2D eigenvalue weighted by atomic mass is 9.81. The van der Waals surface area contributed by atoms with Gasteiger partial charge in [0.1, 0.15) is 0 Å². The Hall–Kier alpha value is -0.940. The number of hydrogen-bond donors (Lipinski definition) is 0. The van der Waals surface area contributed by atoms with E-state index >= 15 is 0 Å². The van der Waals surface area contributed by atoms with Crippen molar-refractivity contribution >= 4 is 17.2 Å². The molecule has 2 atom stereocenters. The van der Waals surface area contributed by atoms with E-state index in [0.29, 0.717) is 12.5 Å². The number of carbonyl (C=O) groups is 1. The maximum absolute atomic E-state index is 11.6. The lowest BCUT2D eigenvalue weighted by Gasteiger charge is -2.28. The molecule has 1 aromatic heterocycles. The molecule has 0 spiro atoms. The average molecular weight is 294 g/mol. The zero-order chi connectivity index (χ0) is 14.2. The van der Waals surface area contributed by atoms with E-state index in [1.165, 1.54) is 19.3 Å². The van der Waals surface area contributed by atoms with Crippen molar-refractivity contribution < 1.29 is 9.53 Å². The van der Waals surface area contributed by atoms with E-state index < -0.39 is 0 Å². The molecule has 1 aromatic rings. The van der Waals surface area contributed by atoms with Gasteiger partial charge in [0.15, 0.2) is 0 Å². The third-order valence-electron chi connectivity index (χ3n) is 4.79. The molecular weight excluding hydrogens is 272 g/mol. The third kappa shape index (κ3) is 2.61. The van der Waals surface area contributed by atoms with Gasteiger partial charge >= 0.3 is 0 Å². The van der Waals surface area contributed by atoms with E-state index in [1.54, 1.807) is 18.3 Å². The number of aromatic nitrogens is 1. The van der Waals surface area contributed by atoms with Gasteiger partial charge in [-0.05, 0) is 25.7 Å². The molecule has 1 amide bonds. The Kier molecular flexibility index (Phi) is 3.82. The van der Waals surface area contributed by atoms with Gasteiger partial charge in [-0.15, -0.1) is 11.3 Å². The fourth-order valence-electron chi connectivity index (χ4n) is 3.72. The van der Waals surface area contributed by atoms with Gasteiger partial charge in [0, 0.05) is 30.8 Å². The lowest BCUT2D eigenvalue weighted by molar-refractivity contribution is -0.128. The second kappa shape index (κ2) is 5.45. The quantitative estimate of drug-likeness (QED) is 0.857. The molecule has 2 aliphatic rings. The standard InChI is InChI=1S/C15H22N2O2S/c1-11-16-14(8-20-11)7-19-10-15-5-3-4-13(15)6-17(9-15)12(2)18/h8,13H,3-7,9-10H2,1-2H3/t13-,15+/m0/s1. The van der Waals surface area contributed by atoms with Crippen LogP contribution >= 0.6 is 11.3 Å². The van der Waals surface area contributed by atoms with E-state index in [9.17, 15) is 4.79 Å². The van der Waals surface area contributed by atoms with E-state index in [2.05, 4.69) is 10.4 Å². The van der Waals surface area contributed by atoms with Crippen LogP contribution in [-0.4, -0.2) is 35.5 Å². The van der Waals surface area contributed by atoms with Crippen LogP contribution in [0.15, 0.2) is 5.38 Å². The van der Waals surface area contributed by atoms with Gasteiger partial charge in [-0.3, -0.25) is 4.79 Å². The summed E-state index contributed by atoms with van der Waals surface area (Å²) in [5.74, 6) is 0.831. The van der Waals surface area contributed by atoms with Crippen molar-refractivity contribution in [2.24, 2.45) is 11.3 Å². The summed E-state index contributed by atoms with van der Waals surface area (Å²) in [6.07, 6.45) is 3.70. The van der Waals surface area contributed by atoms with Crippen LogP contribution in [0.4, 0.5) is 0 Å². The van der Waals surface area contributed by atoms with Crippen molar-refractivity contribution in [2.45, 2.75) is 39.7 Å². The number of amides is 1. The van der Waals surface area contributed by atoms with Crippen molar-refractivity contribution in [1.82, 2.24) is 9.88 Å². The van der Waals surface area contributed by atoms with E-state index in [1.807, 2.05) is 11.8 Å². The van der Waals surface area contributed by atoms with Gasteiger partial charge in [-0.25, -0.2) is 4.98 Å². The maximum atomic E-state index is 11.6. The average Bonchev–Trinajstić information content (AvgIpc) is 3.03. The van der Waals surface area contributed by atoms with Crippen LogP contribution in [0, 0.1) is 18.3 Å². The molecule has 3 rings (SSSR count). The zero-order valence-corrected chi connectivity index (χ0v) is 13.0. The normalized spacial score (nSPS) is 28.9. The molecule has 0 unspecified atom stereocenters. The summed E-state index contributed by atoms with van der Waals surface area (Å²) in [4.78, 5) is 18.0. The Bertz CT molecular complexity index is 502. The van der Waals surface area contributed by atoms with E-state index in [-0.39, 0.29) is 11.3 Å². The molecule has 1 saturated heterocycles. The Morgan fingerprint density at radius 1 is 1.65 bits per heavy atom. The van der Waals surface area contributed by atoms with Crippen LogP contribution in [0.1, 0.15) is 36.9 Å². The highest BCUT2D eigenvalue weighted by Gasteiger charge is 2.50. The fourth-order valence-corrected chi connectivity index (χ4v) is 4.32. The molecule has 0 bridgehead atoms. The van der Waals surface area contributed by atoms with E-state index in [4.69, 9.17) is 4.74 Å². The summed E-state index contributed by atoms with van der Waals surface area (Å²) in [5, 5.41) is 3.15. The predicted molar refractivity (Wildman–Crippen MR) is 78.5 cm³/mol. The van der Waals surface area contributed by atoms with Gasteiger partial charge in [0.25, 0.3) is 0 Å². The molecule has 2 fully saturated rings. The molecular formula is C15H22N2O2S. The first-order valence-corrected chi connectivity index (χ1v) is 8.21. The van der Waals surface area contributed by atoms with Crippen molar-refractivity contribution in [3.8, 4) is 0 Å². The second-order valence-electron chi connectivity index (χ2n) is 6.20. The molecule has 110 valence electrons. The molecule has 0 N–H and O–H groups in total. The van der Waals surface area contributed by atoms with Crippen molar-refractivity contribution in [1.29, 1.82) is 0 Å². The highest BCUT2D eigenvalue weighted by atomic mass is 32.1. The van der Waals surface area contributed by atoms with Crippen molar-refractivity contribution in [3.63, 3.8) is 0 Å². The van der Waals surface area contributed by atoms with Crippen LogP contribution in [0.2, 0.25) is 0 Å². The topological polar surface area (TPSA) is 42.4 Å². The highest BCUT2D eigenvalue weighted by Crippen LogP contribution is 2.48. The minimum atomic E-state index is 0.203. The zero-order valence-electron chi connectivity index (χ0n) is 12.2. The molecule has 2 heterocycles. The summed E-state index contributed by atoms with van der Waals surface area (Å²) in [5.41, 5.74) is 1.23. The Labute approximate surface area is 124 Å². The number of hydrogen-bond acceptors (Lipinski definition) is 4. The Morgan fingerprint density at radius 2 is 2.50 bits per heavy atom. The van der Waals surface area contributed by atoms with Crippen molar-refractivity contribution in [2.75, 3.05) is 19.7 Å². The first kappa shape index (κ1) is 14.0. The minimum Gasteiger partial charge on any atom is -0.374 e. The number of ether oxygens (including phenoxy) is 1. The highest BCUT2D eigenvalue weighted by molar-refractivity contribution is 7.09. The minimum absolute atomic E-state index is 0.203. The fraction of sp³-hybridized carbons (Fsp3) is 0.733. The number of aryl methyl sites for hydroxylation is 1. The molecule has 0 aromatic carbocycles. The Morgan fingerprint density at radius 3 is 3.20 bits per heavy atom. The number of carbonyl (C=O) groups excluding carboxylic acids is 1. The van der Waals surface area contributed by atoms with Gasteiger partial charge in [0.2, 0.25) is 5.91 Å². The van der Waals surface area contributed by atoms with Gasteiger partial charge < -0.3 is 9.64 Å². The molecule has 1 saturated carbocycles. The van der Waals surface area contributed by atoms with Gasteiger partial charge in [-0.2, -0.15) is 0 Å². The monoisotopic (exact) mass is 294 g/mol. The van der Waals surface area contributed by atoms with Crippen LogP contribution in [0.5, 0.6) is 0 Å². The molecule has 0 radical (unpaired) electrons. The summed E-state index contributed by atoms with van der Waals surface area (Å²) in [6, 6.07) is 0. The second-order valence-corrected chi connectivity index (χ2v) is 7.26. The first-order chi connectivity index (χ1) is 9.59. The van der Waals surface area contributed by atoms with Crippen molar-refractivity contribution in [3.05, 3.63) is 16.1 Å². The van der Waals surface area contributed by atoms with Gasteiger partial charge in [0.05, 0.1) is 23.9 Å². The third-order valence-corrected chi connectivity index (χ3v) is 5.61. The first-order valence-electron chi connectivity index (χ1n) is 7.33. The summed E-state index contributed by atoms with van der Waals surface area (Å²) >= 11 is 1.67. The van der Waals surface area contributed by atoms with Crippen LogP contribution in [0.25, 0.3) is 0 Å². The summed E-state index contributed by atoms with van der Waals surface area (Å²) in [6.45, 7) is 6.85. The largest absolute Gasteiger partial charge is 0.374 e. The van der Waals surface area contributed by atoms with Crippen LogP contribution in [0.3, 0.4) is 0 Å². The number of fused-ring (bicyclic) bond motifs is 1. The molecule has 1 aliphatic heterocycles. The number of nitrogens with zero attached hydrogens (tertiary/aromatic N) is 2. The van der Waals surface area contributed by atoms with Gasteiger partial charge in [-0.1, -0.05) is 6.42 Å². The summed E-state index contributed by atoms with van der Waals surface area (Å²) < 4.78 is 5.96. The SMILES string of the molecule is CC(=O)N1C[C@@H]2CCC[C@]2(COCc2csc(C)n2)C1. The smallest absolute Gasteiger partial charge is 0.219 e. The summed E-state index contributed by atoms with van der Waals surface area (Å²) in [7, 11) is 0. The molecule has 1 aliphatic carbocycles. The number of rotatable bonds is 4. The molecule has 4 nitrogen and oxygen atoms in total. The Balaban J connectivity index is 1.59. The van der Waals surface area contributed by atoms with Crippen LogP contribution in [-0.2, 0) is 16.1 Å². The van der Waals surface area contributed by atoms with Crippen LogP contribution < -0.4 is 0 Å². The predicted octanol–water partition coefficient (Wildman–Crippen LogP) is 2.62. The lowest BCUT2D eigenvalue weighted by Crippen LogP contribution is -2.33. The molecule has 5 heteroatoms. The maximum Gasteiger partial charge on any atom is 0.219 e.